The first-order valence-corrected chi connectivity index (χ1v) is 8.44. The molecule has 1 N–H and O–H groups in total. The van der Waals surface area contributed by atoms with Crippen LogP contribution in [0.4, 0.5) is 5.69 Å². The number of hydrogen-bond donors (Lipinski definition) is 1. The molecule has 3 heterocycles. The number of aromatic nitrogens is 2. The Bertz CT molecular complexity index is 681. The molecule has 120 valence electrons. The maximum absolute atomic E-state index is 12.6. The molecule has 1 saturated heterocycles. The fourth-order valence-corrected chi connectivity index (χ4v) is 3.72. The third-order valence-electron chi connectivity index (χ3n) is 4.95. The number of aryl methyl sites for hydroxylation is 1. The van der Waals surface area contributed by atoms with Gasteiger partial charge in [-0.25, -0.2) is 4.98 Å². The van der Waals surface area contributed by atoms with Crippen LogP contribution in [0, 0.1) is 0 Å². The van der Waals surface area contributed by atoms with E-state index in [1.807, 2.05) is 41.4 Å². The molecule has 2 aliphatic heterocycles. The van der Waals surface area contributed by atoms with Crippen LogP contribution in [-0.2, 0) is 11.3 Å². The van der Waals surface area contributed by atoms with Crippen molar-refractivity contribution in [2.24, 2.45) is 0 Å². The Morgan fingerprint density at radius 2 is 2.04 bits per heavy atom. The third kappa shape index (κ3) is 2.77. The largest absolute Gasteiger partial charge is 0.335 e. The Morgan fingerprint density at radius 3 is 2.91 bits per heavy atom. The molecule has 0 saturated carbocycles. The molecule has 0 unspecified atom stereocenters. The normalized spacial score (nSPS) is 24.0. The van der Waals surface area contributed by atoms with Gasteiger partial charge in [-0.2, -0.15) is 0 Å². The Labute approximate surface area is 136 Å². The molecular weight excluding hydrogens is 288 g/mol. The lowest BCUT2D eigenvalue weighted by molar-refractivity contribution is -0.118. The molecule has 2 atom stereocenters. The van der Waals surface area contributed by atoms with E-state index in [9.17, 15) is 4.79 Å². The molecule has 2 aliphatic rings. The molecule has 4 rings (SSSR count). The minimum atomic E-state index is -0.0689. The summed E-state index contributed by atoms with van der Waals surface area (Å²) in [7, 11) is 0. The summed E-state index contributed by atoms with van der Waals surface area (Å²) in [6.07, 6.45) is 7.14. The number of fused-ring (bicyclic) bond motifs is 1. The van der Waals surface area contributed by atoms with Crippen molar-refractivity contribution >= 4 is 11.6 Å². The summed E-state index contributed by atoms with van der Waals surface area (Å²) in [5.74, 6) is 1.77. The highest BCUT2D eigenvalue weighted by atomic mass is 16.2. The number of nitrogens with zero attached hydrogens (tertiary/aromatic N) is 3. The molecule has 5 heteroatoms. The quantitative estimate of drug-likeness (QED) is 0.941. The number of imidazole rings is 1. The van der Waals surface area contributed by atoms with E-state index in [0.29, 0.717) is 5.92 Å². The topological polar surface area (TPSA) is 50.2 Å². The van der Waals surface area contributed by atoms with Crippen LogP contribution in [0.25, 0.3) is 0 Å². The van der Waals surface area contributed by atoms with Gasteiger partial charge in [0.25, 0.3) is 0 Å². The zero-order valence-electron chi connectivity index (χ0n) is 13.2. The molecule has 1 amide bonds. The van der Waals surface area contributed by atoms with Crippen LogP contribution < -0.4 is 10.2 Å². The number of benzene rings is 1. The van der Waals surface area contributed by atoms with Gasteiger partial charge in [0.2, 0.25) is 5.91 Å². The van der Waals surface area contributed by atoms with Crippen molar-refractivity contribution in [1.82, 2.24) is 14.9 Å². The standard InChI is InChI=1S/C18H22N4O/c23-18-16(8-11-22(18)15-6-2-1-3-7-15)20-13-14-5-4-10-21-12-9-19-17(14)21/h1-3,6-7,9,12,14,16,20H,4-5,8,10-11,13H2/t14-,16-/m1/s1. The molecule has 1 aromatic carbocycles. The summed E-state index contributed by atoms with van der Waals surface area (Å²) in [5.41, 5.74) is 0.995. The first-order valence-electron chi connectivity index (χ1n) is 8.44. The summed E-state index contributed by atoms with van der Waals surface area (Å²) >= 11 is 0. The van der Waals surface area contributed by atoms with E-state index in [2.05, 4.69) is 21.1 Å². The summed E-state index contributed by atoms with van der Waals surface area (Å²) in [5, 5.41) is 3.49. The molecule has 0 aliphatic carbocycles. The summed E-state index contributed by atoms with van der Waals surface area (Å²) < 4.78 is 2.24. The zero-order chi connectivity index (χ0) is 15.6. The van der Waals surface area contributed by atoms with Gasteiger partial charge in [0.1, 0.15) is 5.82 Å². The number of anilines is 1. The van der Waals surface area contributed by atoms with Crippen LogP contribution in [0.5, 0.6) is 0 Å². The fourth-order valence-electron chi connectivity index (χ4n) is 3.72. The SMILES string of the molecule is O=C1[C@H](NC[C@H]2CCCn3ccnc32)CCN1c1ccccc1. The van der Waals surface area contributed by atoms with Crippen molar-refractivity contribution in [1.29, 1.82) is 0 Å². The zero-order valence-corrected chi connectivity index (χ0v) is 13.2. The Morgan fingerprint density at radius 1 is 1.17 bits per heavy atom. The molecule has 1 fully saturated rings. The van der Waals surface area contributed by atoms with Crippen LogP contribution in [0.2, 0.25) is 0 Å². The van der Waals surface area contributed by atoms with Gasteiger partial charge in [0.05, 0.1) is 6.04 Å². The number of amides is 1. The van der Waals surface area contributed by atoms with Crippen molar-refractivity contribution in [3.05, 3.63) is 48.5 Å². The van der Waals surface area contributed by atoms with E-state index in [1.165, 1.54) is 6.42 Å². The van der Waals surface area contributed by atoms with E-state index in [4.69, 9.17) is 0 Å². The smallest absolute Gasteiger partial charge is 0.244 e. The Kier molecular flexibility index (Phi) is 3.87. The molecule has 0 bridgehead atoms. The van der Waals surface area contributed by atoms with E-state index in [-0.39, 0.29) is 11.9 Å². The maximum Gasteiger partial charge on any atom is 0.244 e. The van der Waals surface area contributed by atoms with Gasteiger partial charge in [-0.05, 0) is 31.4 Å². The second kappa shape index (κ2) is 6.16. The predicted octanol–water partition coefficient (Wildman–Crippen LogP) is 2.16. The lowest BCUT2D eigenvalue weighted by Crippen LogP contribution is -2.40. The van der Waals surface area contributed by atoms with Crippen molar-refractivity contribution in [2.45, 2.75) is 37.8 Å². The first-order chi connectivity index (χ1) is 11.3. The van der Waals surface area contributed by atoms with Crippen molar-refractivity contribution < 1.29 is 4.79 Å². The first kappa shape index (κ1) is 14.5. The van der Waals surface area contributed by atoms with E-state index >= 15 is 0 Å². The van der Waals surface area contributed by atoms with Crippen LogP contribution >= 0.6 is 0 Å². The van der Waals surface area contributed by atoms with Gasteiger partial charge in [-0.15, -0.1) is 0 Å². The van der Waals surface area contributed by atoms with Gasteiger partial charge in [0, 0.05) is 43.6 Å². The highest BCUT2D eigenvalue weighted by molar-refractivity contribution is 5.99. The molecule has 2 aromatic rings. The summed E-state index contributed by atoms with van der Waals surface area (Å²) in [6, 6.07) is 9.86. The minimum absolute atomic E-state index is 0.0689. The number of para-hydroxylation sites is 1. The van der Waals surface area contributed by atoms with Gasteiger partial charge >= 0.3 is 0 Å². The average molecular weight is 310 g/mol. The molecular formula is C18H22N4O. The van der Waals surface area contributed by atoms with Gasteiger partial charge < -0.3 is 14.8 Å². The molecule has 5 nitrogen and oxygen atoms in total. The van der Waals surface area contributed by atoms with E-state index in [1.54, 1.807) is 0 Å². The number of hydrogen-bond acceptors (Lipinski definition) is 3. The number of nitrogens with one attached hydrogen (secondary N) is 1. The average Bonchev–Trinajstić information content (AvgIpc) is 3.21. The van der Waals surface area contributed by atoms with Crippen LogP contribution in [0.3, 0.4) is 0 Å². The van der Waals surface area contributed by atoms with Crippen molar-refractivity contribution in [3.63, 3.8) is 0 Å². The van der Waals surface area contributed by atoms with Gasteiger partial charge in [-0.1, -0.05) is 18.2 Å². The van der Waals surface area contributed by atoms with Crippen LogP contribution in [0.15, 0.2) is 42.7 Å². The van der Waals surface area contributed by atoms with E-state index in [0.717, 1.165) is 44.0 Å². The number of carbonyl (C=O) groups excluding carboxylic acids is 1. The minimum Gasteiger partial charge on any atom is -0.335 e. The molecule has 23 heavy (non-hydrogen) atoms. The van der Waals surface area contributed by atoms with E-state index < -0.39 is 0 Å². The van der Waals surface area contributed by atoms with Crippen molar-refractivity contribution in [3.8, 4) is 0 Å². The predicted molar refractivity (Wildman–Crippen MR) is 89.4 cm³/mol. The Balaban J connectivity index is 1.39. The monoisotopic (exact) mass is 310 g/mol. The highest BCUT2D eigenvalue weighted by Crippen LogP contribution is 2.26. The lowest BCUT2D eigenvalue weighted by atomic mass is 9.98. The number of carbonyl (C=O) groups is 1. The second-order valence-electron chi connectivity index (χ2n) is 6.39. The molecule has 0 spiro atoms. The fraction of sp³-hybridized carbons (Fsp3) is 0.444. The summed E-state index contributed by atoms with van der Waals surface area (Å²) in [4.78, 5) is 19.0. The van der Waals surface area contributed by atoms with Crippen LogP contribution in [0.1, 0.15) is 31.0 Å². The number of rotatable bonds is 4. The van der Waals surface area contributed by atoms with Gasteiger partial charge in [0.15, 0.2) is 0 Å². The Hall–Kier alpha value is -2.14. The maximum atomic E-state index is 12.6. The summed E-state index contributed by atoms with van der Waals surface area (Å²) in [6.45, 7) is 2.69. The molecule has 1 aromatic heterocycles. The lowest BCUT2D eigenvalue weighted by Gasteiger charge is -2.25. The van der Waals surface area contributed by atoms with Crippen LogP contribution in [-0.4, -0.2) is 34.6 Å². The third-order valence-corrected chi connectivity index (χ3v) is 4.95. The molecule has 0 radical (unpaired) electrons. The second-order valence-corrected chi connectivity index (χ2v) is 6.39. The highest BCUT2D eigenvalue weighted by Gasteiger charge is 2.33. The van der Waals surface area contributed by atoms with Gasteiger partial charge in [-0.3, -0.25) is 4.79 Å². The van der Waals surface area contributed by atoms with Crippen molar-refractivity contribution in [2.75, 3.05) is 18.0 Å².